The van der Waals surface area contributed by atoms with Crippen LogP contribution in [0.3, 0.4) is 0 Å². The Labute approximate surface area is 121 Å². The second-order valence-corrected chi connectivity index (χ2v) is 4.93. The van der Waals surface area contributed by atoms with E-state index in [4.69, 9.17) is 0 Å². The number of phenolic OH excluding ortho intramolecular Hbond substituents is 1. The fourth-order valence-electron chi connectivity index (χ4n) is 2.15. The lowest BCUT2D eigenvalue weighted by Crippen LogP contribution is -2.49. The van der Waals surface area contributed by atoms with Crippen LogP contribution in [0.25, 0.3) is 0 Å². The smallest absolute Gasteiger partial charge is 0.326 e. The molecule has 2 atom stereocenters. The summed E-state index contributed by atoms with van der Waals surface area (Å²) in [5.41, 5.74) is 0.677. The number of amides is 2. The quantitative estimate of drug-likeness (QED) is 0.599. The van der Waals surface area contributed by atoms with Gasteiger partial charge in [0, 0.05) is 12.8 Å². The molecule has 112 valence electrons. The van der Waals surface area contributed by atoms with Crippen LogP contribution in [-0.2, 0) is 20.8 Å². The van der Waals surface area contributed by atoms with Crippen molar-refractivity contribution in [2.45, 2.75) is 31.3 Å². The number of nitrogens with one attached hydrogen (secondary N) is 2. The topological polar surface area (TPSA) is 116 Å². The Balaban J connectivity index is 1.99. The van der Waals surface area contributed by atoms with Crippen molar-refractivity contribution in [3.8, 4) is 5.75 Å². The van der Waals surface area contributed by atoms with Crippen molar-refractivity contribution in [3.63, 3.8) is 0 Å². The SMILES string of the molecule is O=C1CCC(C(=O)NC(Cc2ccc(O)cc2)C(=O)O)N1. The van der Waals surface area contributed by atoms with Gasteiger partial charge in [-0.2, -0.15) is 0 Å². The minimum absolute atomic E-state index is 0.0864. The Morgan fingerprint density at radius 2 is 2.00 bits per heavy atom. The Bertz CT molecular complexity index is 555. The molecular formula is C14H16N2O5. The molecule has 1 aromatic rings. The first-order chi connectivity index (χ1) is 9.95. The number of carboxylic acids is 1. The van der Waals surface area contributed by atoms with Gasteiger partial charge in [-0.25, -0.2) is 4.79 Å². The van der Waals surface area contributed by atoms with Crippen LogP contribution in [0.2, 0.25) is 0 Å². The van der Waals surface area contributed by atoms with Crippen LogP contribution in [0.4, 0.5) is 0 Å². The number of benzene rings is 1. The highest BCUT2D eigenvalue weighted by atomic mass is 16.4. The summed E-state index contributed by atoms with van der Waals surface area (Å²) in [5.74, 6) is -1.77. The predicted molar refractivity (Wildman–Crippen MR) is 72.5 cm³/mol. The third-order valence-corrected chi connectivity index (χ3v) is 3.30. The largest absolute Gasteiger partial charge is 0.508 e. The van der Waals surface area contributed by atoms with Gasteiger partial charge in [-0.05, 0) is 24.1 Å². The highest BCUT2D eigenvalue weighted by Crippen LogP contribution is 2.12. The van der Waals surface area contributed by atoms with Crippen LogP contribution >= 0.6 is 0 Å². The molecule has 1 aliphatic heterocycles. The lowest BCUT2D eigenvalue weighted by molar-refractivity contribution is -0.142. The van der Waals surface area contributed by atoms with Gasteiger partial charge in [-0.1, -0.05) is 12.1 Å². The first-order valence-electron chi connectivity index (χ1n) is 6.56. The van der Waals surface area contributed by atoms with E-state index in [1.165, 1.54) is 12.1 Å². The van der Waals surface area contributed by atoms with Gasteiger partial charge in [-0.3, -0.25) is 9.59 Å². The van der Waals surface area contributed by atoms with Gasteiger partial charge in [0.25, 0.3) is 0 Å². The van der Waals surface area contributed by atoms with E-state index in [0.29, 0.717) is 12.0 Å². The second kappa shape index (κ2) is 6.25. The maximum absolute atomic E-state index is 11.9. The number of rotatable bonds is 5. The van der Waals surface area contributed by atoms with Crippen LogP contribution in [0.1, 0.15) is 18.4 Å². The van der Waals surface area contributed by atoms with E-state index in [1.54, 1.807) is 12.1 Å². The standard InChI is InChI=1S/C14H16N2O5/c17-9-3-1-8(2-4-9)7-11(14(20)21)16-13(19)10-5-6-12(18)15-10/h1-4,10-11,17H,5-7H2,(H,15,18)(H,16,19)(H,20,21). The van der Waals surface area contributed by atoms with Gasteiger partial charge >= 0.3 is 5.97 Å². The summed E-state index contributed by atoms with van der Waals surface area (Å²) in [6.07, 6.45) is 0.742. The number of carbonyl (C=O) groups is 3. The Hall–Kier alpha value is -2.57. The van der Waals surface area contributed by atoms with E-state index in [1.807, 2.05) is 0 Å². The summed E-state index contributed by atoms with van der Waals surface area (Å²) in [5, 5.41) is 23.3. The van der Waals surface area contributed by atoms with Crippen molar-refractivity contribution in [3.05, 3.63) is 29.8 Å². The summed E-state index contributed by atoms with van der Waals surface area (Å²) >= 11 is 0. The highest BCUT2D eigenvalue weighted by Gasteiger charge is 2.30. The van der Waals surface area contributed by atoms with Crippen LogP contribution in [0.15, 0.2) is 24.3 Å². The van der Waals surface area contributed by atoms with Gasteiger partial charge in [0.1, 0.15) is 17.8 Å². The second-order valence-electron chi connectivity index (χ2n) is 4.93. The van der Waals surface area contributed by atoms with Gasteiger partial charge in [-0.15, -0.1) is 0 Å². The van der Waals surface area contributed by atoms with Crippen LogP contribution < -0.4 is 10.6 Å². The molecular weight excluding hydrogens is 276 g/mol. The molecule has 0 aromatic heterocycles. The van der Waals surface area contributed by atoms with Gasteiger partial charge < -0.3 is 20.8 Å². The molecule has 0 bridgehead atoms. The molecule has 1 saturated heterocycles. The molecule has 1 aliphatic rings. The molecule has 0 aliphatic carbocycles. The third-order valence-electron chi connectivity index (χ3n) is 3.30. The molecule has 0 spiro atoms. The van der Waals surface area contributed by atoms with E-state index in [2.05, 4.69) is 10.6 Å². The molecule has 7 heteroatoms. The summed E-state index contributed by atoms with van der Waals surface area (Å²) in [6, 6.07) is 4.34. The molecule has 21 heavy (non-hydrogen) atoms. The number of aromatic hydroxyl groups is 1. The molecule has 0 saturated carbocycles. The molecule has 1 heterocycles. The zero-order valence-corrected chi connectivity index (χ0v) is 11.2. The molecule has 7 nitrogen and oxygen atoms in total. The lowest BCUT2D eigenvalue weighted by Gasteiger charge is -2.17. The lowest BCUT2D eigenvalue weighted by atomic mass is 10.1. The van der Waals surface area contributed by atoms with Crippen molar-refractivity contribution in [2.24, 2.45) is 0 Å². The highest BCUT2D eigenvalue weighted by molar-refractivity contribution is 5.92. The average molecular weight is 292 g/mol. The number of hydrogen-bond acceptors (Lipinski definition) is 4. The summed E-state index contributed by atoms with van der Waals surface area (Å²) in [4.78, 5) is 34.2. The molecule has 0 radical (unpaired) electrons. The maximum Gasteiger partial charge on any atom is 0.326 e. The van der Waals surface area contributed by atoms with Crippen molar-refractivity contribution >= 4 is 17.8 Å². The number of phenols is 1. The number of carboxylic acid groups (broad SMARTS) is 1. The fraction of sp³-hybridized carbons (Fsp3) is 0.357. The molecule has 4 N–H and O–H groups in total. The number of hydrogen-bond donors (Lipinski definition) is 4. The summed E-state index contributed by atoms with van der Waals surface area (Å²) in [6.45, 7) is 0. The van der Waals surface area contributed by atoms with Crippen molar-refractivity contribution in [1.82, 2.24) is 10.6 Å². The predicted octanol–water partition coefficient (Wildman–Crippen LogP) is -0.217. The molecule has 2 amide bonds. The average Bonchev–Trinajstić information content (AvgIpc) is 2.87. The first-order valence-corrected chi connectivity index (χ1v) is 6.56. The zero-order chi connectivity index (χ0) is 15.4. The summed E-state index contributed by atoms with van der Waals surface area (Å²) in [7, 11) is 0. The summed E-state index contributed by atoms with van der Waals surface area (Å²) < 4.78 is 0. The Kier molecular flexibility index (Phi) is 4.42. The van der Waals surface area contributed by atoms with Crippen LogP contribution in [-0.4, -0.2) is 40.1 Å². The third kappa shape index (κ3) is 3.95. The zero-order valence-electron chi connectivity index (χ0n) is 11.2. The normalized spacial score (nSPS) is 18.9. The Morgan fingerprint density at radius 3 is 2.52 bits per heavy atom. The van der Waals surface area contributed by atoms with Crippen LogP contribution in [0, 0.1) is 0 Å². The van der Waals surface area contributed by atoms with Gasteiger partial charge in [0.15, 0.2) is 0 Å². The molecule has 1 fully saturated rings. The van der Waals surface area contributed by atoms with E-state index < -0.39 is 24.0 Å². The van der Waals surface area contributed by atoms with E-state index in [0.717, 1.165) is 0 Å². The van der Waals surface area contributed by atoms with E-state index in [-0.39, 0.29) is 24.5 Å². The van der Waals surface area contributed by atoms with Crippen molar-refractivity contribution in [1.29, 1.82) is 0 Å². The minimum Gasteiger partial charge on any atom is -0.508 e. The minimum atomic E-state index is -1.15. The first kappa shape index (κ1) is 14.8. The van der Waals surface area contributed by atoms with Crippen molar-refractivity contribution in [2.75, 3.05) is 0 Å². The molecule has 2 unspecified atom stereocenters. The van der Waals surface area contributed by atoms with Crippen LogP contribution in [0.5, 0.6) is 5.75 Å². The number of aliphatic carboxylic acids is 1. The number of carbonyl (C=O) groups excluding carboxylic acids is 2. The fourth-order valence-corrected chi connectivity index (χ4v) is 2.15. The maximum atomic E-state index is 11.9. The van der Waals surface area contributed by atoms with Crippen molar-refractivity contribution < 1.29 is 24.6 Å². The van der Waals surface area contributed by atoms with E-state index >= 15 is 0 Å². The molecule has 1 aromatic carbocycles. The van der Waals surface area contributed by atoms with Gasteiger partial charge in [0.05, 0.1) is 0 Å². The monoisotopic (exact) mass is 292 g/mol. The van der Waals surface area contributed by atoms with E-state index in [9.17, 15) is 24.6 Å². The van der Waals surface area contributed by atoms with Gasteiger partial charge in [0.2, 0.25) is 11.8 Å². The molecule has 2 rings (SSSR count). The Morgan fingerprint density at radius 1 is 1.33 bits per heavy atom.